The van der Waals surface area contributed by atoms with Gasteiger partial charge in [0.15, 0.2) is 0 Å². The third-order valence-corrected chi connectivity index (χ3v) is 6.96. The Morgan fingerprint density at radius 1 is 1.00 bits per heavy atom. The van der Waals surface area contributed by atoms with Crippen LogP contribution >= 0.6 is 11.3 Å². The summed E-state index contributed by atoms with van der Waals surface area (Å²) in [6, 6.07) is 17.9. The number of benzene rings is 2. The standard InChI is InChI=1S/C25H25N5OS/c1-17-7-9-18(10-8-17)20-15-32-25-21(20)24(27-16-28-25)30-13-11-29(12-14-30)22(23(26)31)19-5-3-2-4-6-19/h2-10,15-16,22H,11-14H2,1H3,(H2,26,31)/t22-/m1/s1. The summed E-state index contributed by atoms with van der Waals surface area (Å²) in [5.41, 5.74) is 10.3. The molecular formula is C25H25N5OS. The van der Waals surface area contributed by atoms with Crippen LogP contribution in [0.15, 0.2) is 66.3 Å². The molecule has 0 saturated carbocycles. The minimum Gasteiger partial charge on any atom is -0.368 e. The Bertz CT molecular complexity index is 1230. The maximum Gasteiger partial charge on any atom is 0.239 e. The van der Waals surface area contributed by atoms with Gasteiger partial charge in [0.1, 0.15) is 23.0 Å². The molecule has 1 aliphatic heterocycles. The van der Waals surface area contributed by atoms with E-state index in [4.69, 9.17) is 5.73 Å². The molecular weight excluding hydrogens is 418 g/mol. The van der Waals surface area contributed by atoms with E-state index in [2.05, 4.69) is 56.3 Å². The number of anilines is 1. The fraction of sp³-hybridized carbons (Fsp3) is 0.240. The van der Waals surface area contributed by atoms with E-state index in [9.17, 15) is 4.79 Å². The minimum absolute atomic E-state index is 0.312. The number of hydrogen-bond donors (Lipinski definition) is 1. The molecule has 1 aliphatic rings. The molecule has 2 aromatic heterocycles. The Hall–Kier alpha value is -3.29. The highest BCUT2D eigenvalue weighted by Crippen LogP contribution is 2.38. The SMILES string of the molecule is Cc1ccc(-c2csc3ncnc(N4CCN([C@@H](C(N)=O)c5ccccc5)CC4)c23)cc1. The van der Waals surface area contributed by atoms with Gasteiger partial charge in [0.25, 0.3) is 0 Å². The predicted molar refractivity (Wildman–Crippen MR) is 130 cm³/mol. The molecule has 3 heterocycles. The maximum atomic E-state index is 12.3. The molecule has 1 saturated heterocycles. The highest BCUT2D eigenvalue weighted by atomic mass is 32.1. The smallest absolute Gasteiger partial charge is 0.239 e. The molecule has 5 rings (SSSR count). The van der Waals surface area contributed by atoms with Crippen LogP contribution in [0.3, 0.4) is 0 Å². The first-order chi connectivity index (χ1) is 15.6. The van der Waals surface area contributed by atoms with Crippen LogP contribution in [-0.2, 0) is 4.79 Å². The van der Waals surface area contributed by atoms with Crippen molar-refractivity contribution in [3.63, 3.8) is 0 Å². The van der Waals surface area contributed by atoms with Gasteiger partial charge in [-0.15, -0.1) is 11.3 Å². The number of hydrogen-bond acceptors (Lipinski definition) is 6. The van der Waals surface area contributed by atoms with E-state index in [0.29, 0.717) is 0 Å². The van der Waals surface area contributed by atoms with Gasteiger partial charge in [-0.2, -0.15) is 0 Å². The highest BCUT2D eigenvalue weighted by molar-refractivity contribution is 7.17. The van der Waals surface area contributed by atoms with Crippen LogP contribution in [0, 0.1) is 6.92 Å². The lowest BCUT2D eigenvalue weighted by Gasteiger charge is -2.39. The Morgan fingerprint density at radius 2 is 1.72 bits per heavy atom. The number of rotatable bonds is 5. The number of carbonyl (C=O) groups is 1. The maximum absolute atomic E-state index is 12.3. The van der Waals surface area contributed by atoms with Crippen molar-refractivity contribution in [3.8, 4) is 11.1 Å². The van der Waals surface area contributed by atoms with E-state index in [-0.39, 0.29) is 5.91 Å². The molecule has 1 amide bonds. The Morgan fingerprint density at radius 3 is 2.41 bits per heavy atom. The van der Waals surface area contributed by atoms with Crippen molar-refractivity contribution in [2.45, 2.75) is 13.0 Å². The first-order valence-electron chi connectivity index (χ1n) is 10.7. The molecule has 7 heteroatoms. The van der Waals surface area contributed by atoms with Gasteiger partial charge in [-0.25, -0.2) is 9.97 Å². The van der Waals surface area contributed by atoms with E-state index in [1.807, 2.05) is 30.3 Å². The second kappa shape index (κ2) is 8.68. The number of amides is 1. The molecule has 2 N–H and O–H groups in total. The Kier molecular flexibility index (Phi) is 5.59. The Labute approximate surface area is 191 Å². The summed E-state index contributed by atoms with van der Waals surface area (Å²) in [5, 5.41) is 3.27. The van der Waals surface area contributed by atoms with Gasteiger partial charge in [0.05, 0.1) is 5.39 Å². The summed E-state index contributed by atoms with van der Waals surface area (Å²) >= 11 is 1.65. The number of aryl methyl sites for hydroxylation is 1. The number of carbonyl (C=O) groups excluding carboxylic acids is 1. The molecule has 6 nitrogen and oxygen atoms in total. The predicted octanol–water partition coefficient (Wildman–Crippen LogP) is 4.02. The molecule has 0 aliphatic carbocycles. The highest BCUT2D eigenvalue weighted by Gasteiger charge is 2.30. The van der Waals surface area contributed by atoms with Gasteiger partial charge in [0, 0.05) is 37.1 Å². The van der Waals surface area contributed by atoms with Crippen LogP contribution in [0.4, 0.5) is 5.82 Å². The molecule has 4 aromatic rings. The van der Waals surface area contributed by atoms with Gasteiger partial charge in [-0.05, 0) is 18.1 Å². The van der Waals surface area contributed by atoms with Crippen LogP contribution in [0.5, 0.6) is 0 Å². The van der Waals surface area contributed by atoms with Gasteiger partial charge in [-0.3, -0.25) is 9.69 Å². The average molecular weight is 444 g/mol. The van der Waals surface area contributed by atoms with Crippen LogP contribution in [0.25, 0.3) is 21.3 Å². The first kappa shape index (κ1) is 20.6. The van der Waals surface area contributed by atoms with Gasteiger partial charge < -0.3 is 10.6 Å². The van der Waals surface area contributed by atoms with Gasteiger partial charge >= 0.3 is 0 Å². The number of nitrogens with zero attached hydrogens (tertiary/aromatic N) is 4. The monoisotopic (exact) mass is 443 g/mol. The number of fused-ring (bicyclic) bond motifs is 1. The lowest BCUT2D eigenvalue weighted by atomic mass is 10.0. The van der Waals surface area contributed by atoms with Crippen molar-refractivity contribution in [2.24, 2.45) is 5.73 Å². The van der Waals surface area contributed by atoms with Crippen molar-refractivity contribution in [3.05, 3.63) is 77.4 Å². The van der Waals surface area contributed by atoms with Crippen molar-refractivity contribution in [1.82, 2.24) is 14.9 Å². The second-order valence-corrected chi connectivity index (χ2v) is 8.99. The zero-order valence-corrected chi connectivity index (χ0v) is 18.8. The third-order valence-electron chi connectivity index (χ3n) is 6.08. The average Bonchev–Trinajstić information content (AvgIpc) is 3.25. The van der Waals surface area contributed by atoms with Crippen molar-refractivity contribution in [1.29, 1.82) is 0 Å². The van der Waals surface area contributed by atoms with E-state index in [1.54, 1.807) is 17.7 Å². The second-order valence-electron chi connectivity index (χ2n) is 8.13. The fourth-order valence-electron chi connectivity index (χ4n) is 4.43. The van der Waals surface area contributed by atoms with E-state index < -0.39 is 6.04 Å². The largest absolute Gasteiger partial charge is 0.368 e. The summed E-state index contributed by atoms with van der Waals surface area (Å²) in [7, 11) is 0. The topological polar surface area (TPSA) is 75.3 Å². The third kappa shape index (κ3) is 3.85. The molecule has 0 bridgehead atoms. The number of piperazine rings is 1. The quantitative estimate of drug-likeness (QED) is 0.504. The lowest BCUT2D eigenvalue weighted by molar-refractivity contribution is -0.123. The van der Waals surface area contributed by atoms with E-state index in [1.165, 1.54) is 16.7 Å². The zero-order valence-electron chi connectivity index (χ0n) is 17.9. The molecule has 0 unspecified atom stereocenters. The number of thiophene rings is 1. The number of aromatic nitrogens is 2. The first-order valence-corrected chi connectivity index (χ1v) is 11.6. The van der Waals surface area contributed by atoms with Gasteiger partial charge in [0.2, 0.25) is 5.91 Å². The number of nitrogens with two attached hydrogens (primary N) is 1. The van der Waals surface area contributed by atoms with Crippen molar-refractivity contribution in [2.75, 3.05) is 31.1 Å². The fourth-order valence-corrected chi connectivity index (χ4v) is 5.34. The zero-order chi connectivity index (χ0) is 22.1. The lowest BCUT2D eigenvalue weighted by Crippen LogP contribution is -2.50. The van der Waals surface area contributed by atoms with Crippen LogP contribution in [-0.4, -0.2) is 47.0 Å². The number of primary amides is 1. The summed E-state index contributed by atoms with van der Waals surface area (Å²) in [4.78, 5) is 26.9. The van der Waals surface area contributed by atoms with Crippen molar-refractivity contribution >= 4 is 33.3 Å². The van der Waals surface area contributed by atoms with Crippen LogP contribution in [0.1, 0.15) is 17.2 Å². The molecule has 1 fully saturated rings. The van der Waals surface area contributed by atoms with Crippen LogP contribution < -0.4 is 10.6 Å². The van der Waals surface area contributed by atoms with E-state index in [0.717, 1.165) is 47.8 Å². The Balaban J connectivity index is 1.42. The van der Waals surface area contributed by atoms with Crippen LogP contribution in [0.2, 0.25) is 0 Å². The summed E-state index contributed by atoms with van der Waals surface area (Å²) in [5.74, 6) is 0.648. The molecule has 0 spiro atoms. The van der Waals surface area contributed by atoms with E-state index >= 15 is 0 Å². The molecule has 2 aromatic carbocycles. The minimum atomic E-state index is -0.409. The molecule has 1 atom stereocenters. The van der Waals surface area contributed by atoms with Crippen molar-refractivity contribution < 1.29 is 4.79 Å². The summed E-state index contributed by atoms with van der Waals surface area (Å²) < 4.78 is 0. The molecule has 162 valence electrons. The van der Waals surface area contributed by atoms with Gasteiger partial charge in [-0.1, -0.05) is 60.2 Å². The summed E-state index contributed by atoms with van der Waals surface area (Å²) in [6.07, 6.45) is 1.65. The normalized spacial score (nSPS) is 15.7. The molecule has 32 heavy (non-hydrogen) atoms. The molecule has 0 radical (unpaired) electrons. The summed E-state index contributed by atoms with van der Waals surface area (Å²) in [6.45, 7) is 5.10.